The van der Waals surface area contributed by atoms with E-state index < -0.39 is 10.8 Å². The number of hydrogen-bond donors (Lipinski definition) is 0. The summed E-state index contributed by atoms with van der Waals surface area (Å²) in [6.45, 7) is 0.351. The zero-order chi connectivity index (χ0) is 17.1. The largest absolute Gasteiger partial charge is 0.274 e. The smallest absolute Gasteiger partial charge is 0.261 e. The van der Waals surface area contributed by atoms with Crippen LogP contribution < -0.4 is 0 Å². The van der Waals surface area contributed by atoms with Gasteiger partial charge in [-0.25, -0.2) is 0 Å². The van der Waals surface area contributed by atoms with Gasteiger partial charge in [-0.05, 0) is 49.2 Å². The maximum Gasteiger partial charge on any atom is 0.261 e. The van der Waals surface area contributed by atoms with E-state index in [-0.39, 0.29) is 11.8 Å². The molecule has 6 heteroatoms. The average Bonchev–Trinajstić information content (AvgIpc) is 2.84. The van der Waals surface area contributed by atoms with Crippen LogP contribution in [0.2, 0.25) is 5.02 Å². The van der Waals surface area contributed by atoms with Crippen molar-refractivity contribution in [3.8, 4) is 0 Å². The topological polar surface area (TPSA) is 54.5 Å². The molecule has 1 atom stereocenters. The Bertz CT molecular complexity index is 769. The summed E-state index contributed by atoms with van der Waals surface area (Å²) in [4.78, 5) is 26.5. The van der Waals surface area contributed by atoms with Crippen molar-refractivity contribution in [2.75, 3.05) is 12.3 Å². The van der Waals surface area contributed by atoms with Crippen LogP contribution >= 0.6 is 11.6 Å². The molecule has 0 aliphatic carbocycles. The Morgan fingerprint density at radius 1 is 0.875 bits per heavy atom. The number of nitrogens with zero attached hydrogens (tertiary/aromatic N) is 1. The molecule has 1 aliphatic rings. The highest BCUT2D eigenvalue weighted by Crippen LogP contribution is 2.22. The Kier molecular flexibility index (Phi) is 5.11. The molecule has 0 saturated heterocycles. The average molecular weight is 362 g/mol. The van der Waals surface area contributed by atoms with Crippen LogP contribution in [0.25, 0.3) is 0 Å². The van der Waals surface area contributed by atoms with Crippen molar-refractivity contribution in [3.05, 3.63) is 64.7 Å². The lowest BCUT2D eigenvalue weighted by atomic mass is 10.1. The molecule has 1 aliphatic heterocycles. The maximum atomic E-state index is 12.2. The van der Waals surface area contributed by atoms with Crippen LogP contribution in [-0.4, -0.2) is 33.2 Å². The van der Waals surface area contributed by atoms with Gasteiger partial charge in [-0.1, -0.05) is 23.7 Å². The fraction of sp³-hybridized carbons (Fsp3) is 0.222. The number of fused-ring (bicyclic) bond motifs is 1. The van der Waals surface area contributed by atoms with Gasteiger partial charge in [0.25, 0.3) is 11.8 Å². The van der Waals surface area contributed by atoms with Gasteiger partial charge in [0.15, 0.2) is 0 Å². The molecule has 24 heavy (non-hydrogen) atoms. The van der Waals surface area contributed by atoms with E-state index in [0.29, 0.717) is 41.3 Å². The summed E-state index contributed by atoms with van der Waals surface area (Å²) in [5.41, 5.74) is 0.930. The van der Waals surface area contributed by atoms with Gasteiger partial charge >= 0.3 is 0 Å². The molecule has 0 fully saturated rings. The molecule has 2 amide bonds. The van der Waals surface area contributed by atoms with E-state index in [0.717, 1.165) is 4.90 Å². The van der Waals surface area contributed by atoms with Crippen LogP contribution in [0.3, 0.4) is 0 Å². The first kappa shape index (κ1) is 16.9. The van der Waals surface area contributed by atoms with Gasteiger partial charge in [-0.2, -0.15) is 0 Å². The van der Waals surface area contributed by atoms with Gasteiger partial charge in [-0.3, -0.25) is 18.7 Å². The SMILES string of the molecule is O=C1c2ccccc2C(=O)N1CCCCS(=O)c1ccc(Cl)cc1. The third kappa shape index (κ3) is 3.42. The lowest BCUT2D eigenvalue weighted by Crippen LogP contribution is -2.30. The summed E-state index contributed by atoms with van der Waals surface area (Å²) in [6.07, 6.45) is 1.30. The number of imide groups is 1. The van der Waals surface area contributed by atoms with Crippen LogP contribution in [0.5, 0.6) is 0 Å². The number of benzene rings is 2. The molecule has 2 aromatic carbocycles. The Morgan fingerprint density at radius 2 is 1.46 bits per heavy atom. The molecule has 3 rings (SSSR count). The lowest BCUT2D eigenvalue weighted by Gasteiger charge is -2.13. The molecule has 124 valence electrons. The van der Waals surface area contributed by atoms with Gasteiger partial charge in [0.2, 0.25) is 0 Å². The molecule has 2 aromatic rings. The van der Waals surface area contributed by atoms with E-state index in [2.05, 4.69) is 0 Å². The minimum absolute atomic E-state index is 0.241. The monoisotopic (exact) mass is 361 g/mol. The van der Waals surface area contributed by atoms with E-state index in [1.54, 1.807) is 48.5 Å². The van der Waals surface area contributed by atoms with Crippen LogP contribution in [0.15, 0.2) is 53.4 Å². The van der Waals surface area contributed by atoms with E-state index in [1.807, 2.05) is 0 Å². The number of carbonyl (C=O) groups is 2. The fourth-order valence-corrected chi connectivity index (χ4v) is 3.92. The predicted octanol–water partition coefficient (Wildman–Crippen LogP) is 3.52. The van der Waals surface area contributed by atoms with Crippen molar-refractivity contribution >= 4 is 34.2 Å². The molecule has 0 bridgehead atoms. The first-order chi connectivity index (χ1) is 11.6. The number of rotatable bonds is 6. The quantitative estimate of drug-likeness (QED) is 0.584. The highest BCUT2D eigenvalue weighted by atomic mass is 35.5. The Morgan fingerprint density at radius 3 is 2.04 bits per heavy atom. The molecule has 1 heterocycles. The Hall–Kier alpha value is -1.98. The molecule has 0 saturated carbocycles. The number of halogens is 1. The van der Waals surface area contributed by atoms with Crippen molar-refractivity contribution in [1.82, 2.24) is 4.90 Å². The van der Waals surface area contributed by atoms with Crippen molar-refractivity contribution in [2.45, 2.75) is 17.7 Å². The lowest BCUT2D eigenvalue weighted by molar-refractivity contribution is 0.0652. The number of amides is 2. The highest BCUT2D eigenvalue weighted by molar-refractivity contribution is 7.85. The van der Waals surface area contributed by atoms with E-state index >= 15 is 0 Å². The zero-order valence-electron chi connectivity index (χ0n) is 12.9. The van der Waals surface area contributed by atoms with Crippen LogP contribution in [0.1, 0.15) is 33.6 Å². The number of carbonyl (C=O) groups excluding carboxylic acids is 2. The number of unbranched alkanes of at least 4 members (excludes halogenated alkanes) is 1. The maximum absolute atomic E-state index is 12.2. The minimum atomic E-state index is -1.10. The first-order valence-electron chi connectivity index (χ1n) is 7.67. The summed E-state index contributed by atoms with van der Waals surface area (Å²) in [6, 6.07) is 13.8. The van der Waals surface area contributed by atoms with Crippen molar-refractivity contribution in [3.63, 3.8) is 0 Å². The second-order valence-corrected chi connectivity index (χ2v) is 7.53. The predicted molar refractivity (Wildman–Crippen MR) is 93.8 cm³/mol. The second-order valence-electron chi connectivity index (χ2n) is 5.52. The molecular weight excluding hydrogens is 346 g/mol. The number of hydrogen-bond acceptors (Lipinski definition) is 3. The van der Waals surface area contributed by atoms with E-state index in [1.165, 1.54) is 4.90 Å². The van der Waals surface area contributed by atoms with Crippen LogP contribution in [0.4, 0.5) is 0 Å². The summed E-state index contributed by atoms with van der Waals surface area (Å²) in [7, 11) is -1.10. The normalized spacial score (nSPS) is 14.8. The first-order valence-corrected chi connectivity index (χ1v) is 9.37. The zero-order valence-corrected chi connectivity index (χ0v) is 14.5. The molecule has 4 nitrogen and oxygen atoms in total. The second kappa shape index (κ2) is 7.28. The molecule has 0 aromatic heterocycles. The third-order valence-electron chi connectivity index (χ3n) is 3.92. The molecule has 0 spiro atoms. The summed E-state index contributed by atoms with van der Waals surface area (Å²) < 4.78 is 12.2. The van der Waals surface area contributed by atoms with Crippen LogP contribution in [0, 0.1) is 0 Å². The summed E-state index contributed by atoms with van der Waals surface area (Å²) >= 11 is 5.81. The van der Waals surface area contributed by atoms with Gasteiger partial charge in [-0.15, -0.1) is 0 Å². The standard InChI is InChI=1S/C18H16ClNO3S/c19-13-7-9-14(10-8-13)24(23)12-4-3-11-20-17(21)15-5-1-2-6-16(15)18(20)22/h1-2,5-10H,3-4,11-12H2. The van der Waals surface area contributed by atoms with Crippen molar-refractivity contribution in [1.29, 1.82) is 0 Å². The van der Waals surface area contributed by atoms with E-state index in [9.17, 15) is 13.8 Å². The minimum Gasteiger partial charge on any atom is -0.274 e. The third-order valence-corrected chi connectivity index (χ3v) is 5.63. The summed E-state index contributed by atoms with van der Waals surface area (Å²) in [5, 5.41) is 0.612. The van der Waals surface area contributed by atoms with Gasteiger partial charge in [0, 0.05) is 22.2 Å². The van der Waals surface area contributed by atoms with Gasteiger partial charge < -0.3 is 0 Å². The molecular formula is C18H16ClNO3S. The van der Waals surface area contributed by atoms with Gasteiger partial charge in [0.05, 0.1) is 21.9 Å². The fourth-order valence-electron chi connectivity index (χ4n) is 2.65. The van der Waals surface area contributed by atoms with Crippen LogP contribution in [-0.2, 0) is 10.8 Å². The van der Waals surface area contributed by atoms with E-state index in [4.69, 9.17) is 11.6 Å². The summed E-state index contributed by atoms with van der Waals surface area (Å²) in [5.74, 6) is 0.00833. The van der Waals surface area contributed by atoms with Crippen molar-refractivity contribution < 1.29 is 13.8 Å². The Labute approximate surface area is 147 Å². The van der Waals surface area contributed by atoms with Crippen molar-refractivity contribution in [2.24, 2.45) is 0 Å². The molecule has 0 radical (unpaired) electrons. The Balaban J connectivity index is 1.51. The molecule has 1 unspecified atom stereocenters. The molecule has 0 N–H and O–H groups in total. The van der Waals surface area contributed by atoms with Gasteiger partial charge in [0.1, 0.15) is 0 Å². The highest BCUT2D eigenvalue weighted by Gasteiger charge is 2.34.